The molecule has 0 unspecified atom stereocenters. The molecule has 0 bridgehead atoms. The lowest BCUT2D eigenvalue weighted by Gasteiger charge is -2.04. The third-order valence-electron chi connectivity index (χ3n) is 3.75. The van der Waals surface area contributed by atoms with Gasteiger partial charge in [-0.1, -0.05) is 12.1 Å². The molecule has 6 heteroatoms. The van der Waals surface area contributed by atoms with Gasteiger partial charge in [0.1, 0.15) is 12.0 Å². The van der Waals surface area contributed by atoms with E-state index in [9.17, 15) is 4.79 Å². The maximum absolute atomic E-state index is 12.2. The molecule has 6 nitrogen and oxygen atoms in total. The zero-order chi connectivity index (χ0) is 17.6. The monoisotopic (exact) mass is 337 g/mol. The van der Waals surface area contributed by atoms with Crippen molar-refractivity contribution in [2.75, 3.05) is 19.4 Å². The zero-order valence-electron chi connectivity index (χ0n) is 13.9. The Morgan fingerprint density at radius 3 is 2.56 bits per heavy atom. The first-order valence-corrected chi connectivity index (χ1v) is 7.88. The number of amides is 1. The van der Waals surface area contributed by atoms with Crippen LogP contribution in [-0.2, 0) is 6.42 Å². The average molecular weight is 337 g/mol. The molecule has 0 atom stereocenters. The van der Waals surface area contributed by atoms with Crippen molar-refractivity contribution in [3.05, 3.63) is 66.1 Å². The number of anilines is 1. The number of aromatic nitrogens is 1. The Kier molecular flexibility index (Phi) is 4.99. The SMILES string of the molecule is COc1ccc(CCNC(=O)c2coc(-c3ccc(N)cc3)n2)cc1. The van der Waals surface area contributed by atoms with Crippen molar-refractivity contribution in [1.82, 2.24) is 10.3 Å². The van der Waals surface area contributed by atoms with Crippen molar-refractivity contribution in [3.63, 3.8) is 0 Å². The number of nitrogens with one attached hydrogen (secondary N) is 1. The molecular formula is C19H19N3O3. The largest absolute Gasteiger partial charge is 0.497 e. The molecule has 0 radical (unpaired) electrons. The van der Waals surface area contributed by atoms with Gasteiger partial charge in [0, 0.05) is 17.8 Å². The van der Waals surface area contributed by atoms with Gasteiger partial charge in [-0.25, -0.2) is 4.98 Å². The highest BCUT2D eigenvalue weighted by molar-refractivity contribution is 5.92. The van der Waals surface area contributed by atoms with Crippen LogP contribution in [0.5, 0.6) is 5.75 Å². The van der Waals surface area contributed by atoms with Crippen LogP contribution in [0.1, 0.15) is 16.1 Å². The maximum Gasteiger partial charge on any atom is 0.273 e. The summed E-state index contributed by atoms with van der Waals surface area (Å²) in [6, 6.07) is 14.9. The second-order valence-corrected chi connectivity index (χ2v) is 5.51. The fourth-order valence-electron chi connectivity index (χ4n) is 2.34. The summed E-state index contributed by atoms with van der Waals surface area (Å²) in [5.41, 5.74) is 8.45. The van der Waals surface area contributed by atoms with Crippen LogP contribution >= 0.6 is 0 Å². The van der Waals surface area contributed by atoms with Crippen LogP contribution in [0.15, 0.2) is 59.2 Å². The van der Waals surface area contributed by atoms with Crippen LogP contribution in [0.3, 0.4) is 0 Å². The van der Waals surface area contributed by atoms with E-state index in [-0.39, 0.29) is 11.6 Å². The third-order valence-corrected chi connectivity index (χ3v) is 3.75. The number of methoxy groups -OCH3 is 1. The van der Waals surface area contributed by atoms with Crippen LogP contribution < -0.4 is 15.8 Å². The lowest BCUT2D eigenvalue weighted by Crippen LogP contribution is -2.25. The van der Waals surface area contributed by atoms with E-state index < -0.39 is 0 Å². The first-order chi connectivity index (χ1) is 12.2. The number of nitrogens with zero attached hydrogens (tertiary/aromatic N) is 1. The Labute approximate surface area is 145 Å². The van der Waals surface area contributed by atoms with Gasteiger partial charge in [-0.2, -0.15) is 0 Å². The maximum atomic E-state index is 12.2. The van der Waals surface area contributed by atoms with Crippen molar-refractivity contribution < 1.29 is 13.9 Å². The van der Waals surface area contributed by atoms with Gasteiger partial charge in [0.2, 0.25) is 5.89 Å². The normalized spacial score (nSPS) is 10.4. The summed E-state index contributed by atoms with van der Waals surface area (Å²) in [7, 11) is 1.63. The first kappa shape index (κ1) is 16.6. The highest BCUT2D eigenvalue weighted by Crippen LogP contribution is 2.19. The summed E-state index contributed by atoms with van der Waals surface area (Å²) in [6.45, 7) is 0.509. The highest BCUT2D eigenvalue weighted by Gasteiger charge is 2.13. The summed E-state index contributed by atoms with van der Waals surface area (Å²) < 4.78 is 10.5. The minimum absolute atomic E-state index is 0.251. The van der Waals surface area contributed by atoms with Gasteiger partial charge >= 0.3 is 0 Å². The van der Waals surface area contributed by atoms with Gasteiger partial charge in [-0.3, -0.25) is 4.79 Å². The molecule has 3 rings (SSSR count). The van der Waals surface area contributed by atoms with E-state index >= 15 is 0 Å². The Hall–Kier alpha value is -3.28. The molecule has 2 aromatic carbocycles. The number of carbonyl (C=O) groups is 1. The number of hydrogen-bond donors (Lipinski definition) is 2. The van der Waals surface area contributed by atoms with E-state index in [1.165, 1.54) is 6.26 Å². The van der Waals surface area contributed by atoms with Gasteiger partial charge in [0.15, 0.2) is 5.69 Å². The van der Waals surface area contributed by atoms with Crippen molar-refractivity contribution in [1.29, 1.82) is 0 Å². The van der Waals surface area contributed by atoms with Crippen LogP contribution in [0.25, 0.3) is 11.5 Å². The van der Waals surface area contributed by atoms with E-state index in [0.29, 0.717) is 18.1 Å². The fraction of sp³-hybridized carbons (Fsp3) is 0.158. The molecule has 1 heterocycles. The predicted octanol–water partition coefficient (Wildman–Crippen LogP) is 2.90. The number of nitrogens with two attached hydrogens (primary N) is 1. The molecule has 0 aliphatic carbocycles. The Morgan fingerprint density at radius 2 is 1.88 bits per heavy atom. The topological polar surface area (TPSA) is 90.4 Å². The molecular weight excluding hydrogens is 318 g/mol. The zero-order valence-corrected chi connectivity index (χ0v) is 13.9. The summed E-state index contributed by atoms with van der Waals surface area (Å²) in [5.74, 6) is 0.935. The van der Waals surface area contributed by atoms with E-state index in [4.69, 9.17) is 14.9 Å². The van der Waals surface area contributed by atoms with E-state index in [1.54, 1.807) is 31.4 Å². The molecule has 0 saturated heterocycles. The van der Waals surface area contributed by atoms with Gasteiger partial charge in [0.05, 0.1) is 7.11 Å². The van der Waals surface area contributed by atoms with E-state index in [0.717, 1.165) is 23.3 Å². The minimum Gasteiger partial charge on any atom is -0.497 e. The number of rotatable bonds is 6. The van der Waals surface area contributed by atoms with Gasteiger partial charge in [-0.05, 0) is 48.4 Å². The van der Waals surface area contributed by atoms with Gasteiger partial charge < -0.3 is 20.2 Å². The summed E-state index contributed by atoms with van der Waals surface area (Å²) >= 11 is 0. The number of oxazole rings is 1. The predicted molar refractivity (Wildman–Crippen MR) is 95.4 cm³/mol. The molecule has 0 spiro atoms. The Bertz CT molecular complexity index is 839. The number of nitrogen functional groups attached to an aromatic ring is 1. The lowest BCUT2D eigenvalue weighted by atomic mass is 10.1. The summed E-state index contributed by atoms with van der Waals surface area (Å²) in [6.07, 6.45) is 2.08. The van der Waals surface area contributed by atoms with E-state index in [2.05, 4.69) is 10.3 Å². The average Bonchev–Trinajstić information content (AvgIpc) is 3.13. The first-order valence-electron chi connectivity index (χ1n) is 7.88. The summed E-state index contributed by atoms with van der Waals surface area (Å²) in [5, 5.41) is 2.84. The minimum atomic E-state index is -0.265. The van der Waals surface area contributed by atoms with Crippen molar-refractivity contribution in [2.24, 2.45) is 0 Å². The van der Waals surface area contributed by atoms with Crippen molar-refractivity contribution in [2.45, 2.75) is 6.42 Å². The van der Waals surface area contributed by atoms with Crippen LogP contribution in [0.2, 0.25) is 0 Å². The Morgan fingerprint density at radius 1 is 1.16 bits per heavy atom. The van der Waals surface area contributed by atoms with Crippen molar-refractivity contribution >= 4 is 11.6 Å². The highest BCUT2D eigenvalue weighted by atomic mass is 16.5. The second-order valence-electron chi connectivity index (χ2n) is 5.51. The number of benzene rings is 2. The molecule has 0 saturated carbocycles. The van der Waals surface area contributed by atoms with Crippen LogP contribution in [0.4, 0.5) is 5.69 Å². The van der Waals surface area contributed by atoms with Gasteiger partial charge in [-0.15, -0.1) is 0 Å². The molecule has 1 aromatic heterocycles. The summed E-state index contributed by atoms with van der Waals surface area (Å²) in [4.78, 5) is 16.4. The molecule has 1 amide bonds. The molecule has 25 heavy (non-hydrogen) atoms. The Balaban J connectivity index is 1.55. The fourth-order valence-corrected chi connectivity index (χ4v) is 2.34. The molecule has 0 aliphatic heterocycles. The van der Waals surface area contributed by atoms with Crippen LogP contribution in [-0.4, -0.2) is 24.5 Å². The molecule has 128 valence electrons. The lowest BCUT2D eigenvalue weighted by molar-refractivity contribution is 0.0949. The van der Waals surface area contributed by atoms with Gasteiger partial charge in [0.25, 0.3) is 5.91 Å². The molecule has 0 fully saturated rings. The number of ether oxygens (including phenoxy) is 1. The number of hydrogen-bond acceptors (Lipinski definition) is 5. The van der Waals surface area contributed by atoms with E-state index in [1.807, 2.05) is 24.3 Å². The molecule has 0 aliphatic rings. The standard InChI is InChI=1S/C19H19N3O3/c1-24-16-8-2-13(3-9-16)10-11-21-18(23)17-12-25-19(22-17)14-4-6-15(20)7-5-14/h2-9,12H,10-11,20H2,1H3,(H,21,23). The van der Waals surface area contributed by atoms with Crippen LogP contribution in [0, 0.1) is 0 Å². The second kappa shape index (κ2) is 7.53. The number of carbonyl (C=O) groups excluding carboxylic acids is 1. The van der Waals surface area contributed by atoms with Crippen molar-refractivity contribution in [3.8, 4) is 17.2 Å². The molecule has 3 aromatic rings. The quantitative estimate of drug-likeness (QED) is 0.675. The smallest absolute Gasteiger partial charge is 0.273 e. The third kappa shape index (κ3) is 4.17. The molecule has 3 N–H and O–H groups in total.